The molecule has 0 aliphatic carbocycles. The van der Waals surface area contributed by atoms with Crippen molar-refractivity contribution in [1.29, 1.82) is 0 Å². The highest BCUT2D eigenvalue weighted by molar-refractivity contribution is 14.0. The van der Waals surface area contributed by atoms with Crippen molar-refractivity contribution in [3.63, 3.8) is 0 Å². The SMILES string of the molecule is CN=C(NCCCOC(C)c1ccccc1)NCC(=O)Nc1ccc(F)cc1.I. The summed E-state index contributed by atoms with van der Waals surface area (Å²) in [7, 11) is 1.64. The van der Waals surface area contributed by atoms with Gasteiger partial charge in [-0.3, -0.25) is 9.79 Å². The molecule has 0 heterocycles. The van der Waals surface area contributed by atoms with Gasteiger partial charge in [-0.1, -0.05) is 30.3 Å². The summed E-state index contributed by atoms with van der Waals surface area (Å²) in [5.41, 5.74) is 1.70. The molecule has 0 aromatic heterocycles. The van der Waals surface area contributed by atoms with Crippen LogP contribution in [0.1, 0.15) is 25.0 Å². The van der Waals surface area contributed by atoms with Crippen LogP contribution in [0.4, 0.5) is 10.1 Å². The highest BCUT2D eigenvalue weighted by atomic mass is 127. The number of anilines is 1. The lowest BCUT2D eigenvalue weighted by Gasteiger charge is -2.15. The summed E-state index contributed by atoms with van der Waals surface area (Å²) < 4.78 is 18.7. The summed E-state index contributed by atoms with van der Waals surface area (Å²) in [6.07, 6.45) is 0.855. The third-order valence-electron chi connectivity index (χ3n) is 4.02. The monoisotopic (exact) mass is 514 g/mol. The average Bonchev–Trinajstić information content (AvgIpc) is 2.72. The minimum Gasteiger partial charge on any atom is -0.374 e. The summed E-state index contributed by atoms with van der Waals surface area (Å²) >= 11 is 0. The van der Waals surface area contributed by atoms with Crippen LogP contribution in [0.15, 0.2) is 59.6 Å². The molecule has 0 radical (unpaired) electrons. The number of ether oxygens (including phenoxy) is 1. The standard InChI is InChI=1S/C21H27FN4O2.HI/c1-16(17-7-4-3-5-8-17)28-14-6-13-24-21(23-2)25-15-20(27)26-19-11-9-18(22)10-12-19;/h3-5,7-12,16H,6,13-15H2,1-2H3,(H,26,27)(H2,23,24,25);1H. The molecule has 2 aromatic carbocycles. The Morgan fingerprint density at radius 1 is 1.10 bits per heavy atom. The second-order valence-corrected chi connectivity index (χ2v) is 6.18. The minimum absolute atomic E-state index is 0. The van der Waals surface area contributed by atoms with Gasteiger partial charge in [-0.15, -0.1) is 24.0 Å². The van der Waals surface area contributed by atoms with E-state index in [4.69, 9.17) is 4.74 Å². The maximum atomic E-state index is 12.9. The van der Waals surface area contributed by atoms with Gasteiger partial charge < -0.3 is 20.7 Å². The summed E-state index contributed by atoms with van der Waals surface area (Å²) in [4.78, 5) is 16.0. The van der Waals surface area contributed by atoms with Crippen molar-refractivity contribution >= 4 is 41.5 Å². The molecular weight excluding hydrogens is 486 g/mol. The summed E-state index contributed by atoms with van der Waals surface area (Å²) in [5, 5.41) is 8.76. The summed E-state index contributed by atoms with van der Waals surface area (Å²) in [6.45, 7) is 3.37. The Bertz CT molecular complexity index is 757. The molecule has 0 saturated carbocycles. The summed E-state index contributed by atoms with van der Waals surface area (Å²) in [6, 6.07) is 15.7. The van der Waals surface area contributed by atoms with Crippen molar-refractivity contribution in [2.75, 3.05) is 32.1 Å². The number of halogens is 2. The molecule has 6 nitrogen and oxygen atoms in total. The Balaban J connectivity index is 0.00000420. The number of carbonyl (C=O) groups excluding carboxylic acids is 1. The molecule has 1 atom stereocenters. The van der Waals surface area contributed by atoms with Crippen molar-refractivity contribution in [2.45, 2.75) is 19.4 Å². The maximum Gasteiger partial charge on any atom is 0.243 e. The Kier molecular flexibility index (Phi) is 11.9. The van der Waals surface area contributed by atoms with Crippen molar-refractivity contribution in [1.82, 2.24) is 10.6 Å². The van der Waals surface area contributed by atoms with E-state index >= 15 is 0 Å². The zero-order chi connectivity index (χ0) is 20.2. The number of nitrogens with zero attached hydrogens (tertiary/aromatic N) is 1. The fraction of sp³-hybridized carbons (Fsp3) is 0.333. The van der Waals surface area contributed by atoms with Gasteiger partial charge in [0, 0.05) is 25.9 Å². The van der Waals surface area contributed by atoms with E-state index in [1.165, 1.54) is 24.3 Å². The lowest BCUT2D eigenvalue weighted by Crippen LogP contribution is -2.41. The first-order valence-electron chi connectivity index (χ1n) is 9.25. The fourth-order valence-corrected chi connectivity index (χ4v) is 2.48. The van der Waals surface area contributed by atoms with Gasteiger partial charge in [0.1, 0.15) is 5.82 Å². The second-order valence-electron chi connectivity index (χ2n) is 6.18. The van der Waals surface area contributed by atoms with Crippen LogP contribution in [-0.2, 0) is 9.53 Å². The van der Waals surface area contributed by atoms with E-state index in [-0.39, 0.29) is 48.3 Å². The summed E-state index contributed by atoms with van der Waals surface area (Å²) in [5.74, 6) is -0.0530. The number of hydrogen-bond acceptors (Lipinski definition) is 3. The molecule has 29 heavy (non-hydrogen) atoms. The topological polar surface area (TPSA) is 74.8 Å². The van der Waals surface area contributed by atoms with Gasteiger partial charge in [-0.25, -0.2) is 4.39 Å². The molecule has 3 N–H and O–H groups in total. The normalized spacial score (nSPS) is 11.9. The van der Waals surface area contributed by atoms with Crippen LogP contribution < -0.4 is 16.0 Å². The number of rotatable bonds is 9. The predicted molar refractivity (Wildman–Crippen MR) is 125 cm³/mol. The quantitative estimate of drug-likeness (QED) is 0.207. The average molecular weight is 514 g/mol. The molecule has 0 bridgehead atoms. The Morgan fingerprint density at radius 3 is 2.45 bits per heavy atom. The van der Waals surface area contributed by atoms with E-state index in [1.54, 1.807) is 7.05 Å². The number of carbonyl (C=O) groups is 1. The first-order chi connectivity index (χ1) is 13.6. The zero-order valence-corrected chi connectivity index (χ0v) is 19.0. The van der Waals surface area contributed by atoms with E-state index < -0.39 is 0 Å². The molecule has 0 aliphatic heterocycles. The molecule has 8 heteroatoms. The van der Waals surface area contributed by atoms with Gasteiger partial charge in [0.15, 0.2) is 5.96 Å². The van der Waals surface area contributed by atoms with E-state index in [9.17, 15) is 9.18 Å². The number of hydrogen-bond donors (Lipinski definition) is 3. The van der Waals surface area contributed by atoms with Crippen molar-refractivity contribution in [2.24, 2.45) is 4.99 Å². The van der Waals surface area contributed by atoms with Crippen molar-refractivity contribution in [3.8, 4) is 0 Å². The Morgan fingerprint density at radius 2 is 1.79 bits per heavy atom. The van der Waals surface area contributed by atoms with Crippen LogP contribution in [0.2, 0.25) is 0 Å². The highest BCUT2D eigenvalue weighted by Gasteiger charge is 2.06. The first kappa shape index (κ1) is 24.8. The largest absolute Gasteiger partial charge is 0.374 e. The van der Waals surface area contributed by atoms with E-state index in [0.717, 1.165) is 12.0 Å². The minimum atomic E-state index is -0.345. The number of aliphatic imine (C=N–C) groups is 1. The van der Waals surface area contributed by atoms with Gasteiger partial charge >= 0.3 is 0 Å². The smallest absolute Gasteiger partial charge is 0.243 e. The van der Waals surface area contributed by atoms with E-state index in [1.807, 2.05) is 37.3 Å². The van der Waals surface area contributed by atoms with Crippen LogP contribution >= 0.6 is 24.0 Å². The van der Waals surface area contributed by atoms with E-state index in [0.29, 0.717) is 24.8 Å². The van der Waals surface area contributed by atoms with Gasteiger partial charge in [0.05, 0.1) is 12.6 Å². The zero-order valence-electron chi connectivity index (χ0n) is 16.7. The second kappa shape index (κ2) is 13.9. The molecular formula is C21H28FIN4O2. The molecule has 0 spiro atoms. The maximum absolute atomic E-state index is 12.9. The Labute approximate surface area is 188 Å². The van der Waals surface area contributed by atoms with Crippen LogP contribution in [-0.4, -0.2) is 38.6 Å². The molecule has 2 aromatic rings. The number of amides is 1. The molecule has 158 valence electrons. The van der Waals surface area contributed by atoms with Crippen LogP contribution in [0.3, 0.4) is 0 Å². The van der Waals surface area contributed by atoms with Gasteiger partial charge in [0.25, 0.3) is 0 Å². The molecule has 0 aliphatic rings. The van der Waals surface area contributed by atoms with Crippen LogP contribution in [0, 0.1) is 5.82 Å². The van der Waals surface area contributed by atoms with Crippen molar-refractivity contribution in [3.05, 3.63) is 66.0 Å². The third kappa shape index (κ3) is 9.71. The molecule has 1 unspecified atom stereocenters. The number of guanidine groups is 1. The lowest BCUT2D eigenvalue weighted by molar-refractivity contribution is -0.115. The van der Waals surface area contributed by atoms with Gasteiger partial charge in [-0.05, 0) is 43.2 Å². The van der Waals surface area contributed by atoms with Crippen molar-refractivity contribution < 1.29 is 13.9 Å². The molecule has 1 amide bonds. The lowest BCUT2D eigenvalue weighted by atomic mass is 10.1. The highest BCUT2D eigenvalue weighted by Crippen LogP contribution is 2.15. The molecule has 2 rings (SSSR count). The number of benzene rings is 2. The van der Waals surface area contributed by atoms with Crippen LogP contribution in [0.5, 0.6) is 0 Å². The predicted octanol–water partition coefficient (Wildman–Crippen LogP) is 3.72. The molecule has 0 fully saturated rings. The van der Waals surface area contributed by atoms with Gasteiger partial charge in [-0.2, -0.15) is 0 Å². The number of nitrogens with one attached hydrogen (secondary N) is 3. The first-order valence-corrected chi connectivity index (χ1v) is 9.25. The molecule has 0 saturated heterocycles. The van der Waals surface area contributed by atoms with Gasteiger partial charge in [0.2, 0.25) is 5.91 Å². The Hall–Kier alpha value is -2.20. The third-order valence-corrected chi connectivity index (χ3v) is 4.02. The van der Waals surface area contributed by atoms with Crippen LogP contribution in [0.25, 0.3) is 0 Å². The fourth-order valence-electron chi connectivity index (χ4n) is 2.48. The van der Waals surface area contributed by atoms with E-state index in [2.05, 4.69) is 20.9 Å².